The van der Waals surface area contributed by atoms with Crippen molar-refractivity contribution in [3.8, 4) is 0 Å². The standard InChI is InChI=1S/C74H137NO8/c1-6-8-10-12-14-16-18-20-22-24-26-28-29-30-31-32-33-34-35-36-37-38-39-40-41-42-43-45-47-49-51-53-55-57-59-61-63-65-72(77)83-70(69-82-74(73(78)79)80-67-66-75(3,4)5)68-81-71(76)64-62-60-58-56-54-52-50-48-46-44-27-25-23-21-19-17-15-13-11-9-7-2/h18-21,24-27,70,74H,6-17,22-23,28-69H2,1-5H3/b20-18-,21-19-,26-24-,27-25-. The molecule has 0 bridgehead atoms. The quantitative estimate of drug-likeness (QED) is 0.0195. The van der Waals surface area contributed by atoms with Crippen LogP contribution < -0.4 is 5.11 Å². The van der Waals surface area contributed by atoms with Crippen LogP contribution in [0.3, 0.4) is 0 Å². The minimum atomic E-state index is -1.62. The lowest BCUT2D eigenvalue weighted by atomic mass is 10.0. The molecule has 486 valence electrons. The number of carboxylic acids is 1. The zero-order valence-electron chi connectivity index (χ0n) is 55.6. The normalized spacial score (nSPS) is 12.9. The summed E-state index contributed by atoms with van der Waals surface area (Å²) in [7, 11) is 5.94. The van der Waals surface area contributed by atoms with E-state index in [1.54, 1.807) is 0 Å². The van der Waals surface area contributed by atoms with Crippen molar-refractivity contribution in [2.75, 3.05) is 47.5 Å². The topological polar surface area (TPSA) is 111 Å². The van der Waals surface area contributed by atoms with Crippen molar-refractivity contribution in [2.24, 2.45) is 0 Å². The van der Waals surface area contributed by atoms with Gasteiger partial charge in [0.25, 0.3) is 0 Å². The smallest absolute Gasteiger partial charge is 0.306 e. The van der Waals surface area contributed by atoms with Gasteiger partial charge in [0.1, 0.15) is 13.2 Å². The Morgan fingerprint density at radius 1 is 0.361 bits per heavy atom. The molecule has 0 N–H and O–H groups in total. The summed E-state index contributed by atoms with van der Waals surface area (Å²) in [6.45, 7) is 4.77. The van der Waals surface area contributed by atoms with E-state index in [-0.39, 0.29) is 38.6 Å². The summed E-state index contributed by atoms with van der Waals surface area (Å²) in [5.74, 6) is -2.27. The second-order valence-corrected chi connectivity index (χ2v) is 25.5. The molecule has 0 fully saturated rings. The SMILES string of the molecule is CCCCCCC/C=C\C/C=C\CCCCCCCCCCCCCCCCCCCCCCCCCCCC(=O)OC(COC(=O)CCCCCCCCCCC/C=C\C/C=C\CCCCCCC)COC(OCC[N+](C)(C)C)C(=O)[O-]. The van der Waals surface area contributed by atoms with Gasteiger partial charge in [-0.3, -0.25) is 9.59 Å². The molecular formula is C74H137NO8. The van der Waals surface area contributed by atoms with E-state index in [9.17, 15) is 19.5 Å². The number of ether oxygens (including phenoxy) is 4. The number of likely N-dealkylation sites (N-methyl/N-ethyl adjacent to an activating group) is 1. The number of hydrogen-bond donors (Lipinski definition) is 0. The highest BCUT2D eigenvalue weighted by Crippen LogP contribution is 2.18. The average Bonchev–Trinajstić information content (AvgIpc) is 3.46. The maximum atomic E-state index is 12.9. The van der Waals surface area contributed by atoms with Gasteiger partial charge >= 0.3 is 11.9 Å². The number of carboxylic acid groups (broad SMARTS) is 1. The zero-order chi connectivity index (χ0) is 60.5. The van der Waals surface area contributed by atoms with Crippen molar-refractivity contribution >= 4 is 17.9 Å². The summed E-state index contributed by atoms with van der Waals surface area (Å²) in [5, 5.41) is 11.8. The number of aliphatic carboxylic acids is 1. The van der Waals surface area contributed by atoms with Gasteiger partial charge in [-0.25, -0.2) is 0 Å². The fraction of sp³-hybridized carbons (Fsp3) is 0.851. The Labute approximate surface area is 514 Å². The van der Waals surface area contributed by atoms with E-state index >= 15 is 0 Å². The Kier molecular flexibility index (Phi) is 63.1. The van der Waals surface area contributed by atoms with Crippen molar-refractivity contribution in [1.29, 1.82) is 0 Å². The first-order chi connectivity index (χ1) is 40.6. The minimum absolute atomic E-state index is 0.148. The second-order valence-electron chi connectivity index (χ2n) is 25.5. The van der Waals surface area contributed by atoms with Crippen LogP contribution in [0.5, 0.6) is 0 Å². The number of quaternary nitrogens is 1. The summed E-state index contributed by atoms with van der Waals surface area (Å²) in [6.07, 6.45) is 80.6. The highest BCUT2D eigenvalue weighted by Gasteiger charge is 2.22. The molecular weight excluding hydrogens is 1030 g/mol. The Morgan fingerprint density at radius 2 is 0.651 bits per heavy atom. The number of esters is 2. The largest absolute Gasteiger partial charge is 0.545 e. The summed E-state index contributed by atoms with van der Waals surface area (Å²) in [4.78, 5) is 37.5. The van der Waals surface area contributed by atoms with Crippen LogP contribution in [-0.4, -0.2) is 82.3 Å². The van der Waals surface area contributed by atoms with Crippen molar-refractivity contribution < 1.29 is 42.9 Å². The van der Waals surface area contributed by atoms with Gasteiger partial charge in [-0.1, -0.05) is 306 Å². The van der Waals surface area contributed by atoms with Crippen LogP contribution in [-0.2, 0) is 33.3 Å². The van der Waals surface area contributed by atoms with Gasteiger partial charge in [-0.2, -0.15) is 0 Å². The monoisotopic (exact) mass is 1170 g/mol. The van der Waals surface area contributed by atoms with Crippen LogP contribution in [0, 0.1) is 0 Å². The maximum Gasteiger partial charge on any atom is 0.306 e. The first-order valence-electron chi connectivity index (χ1n) is 35.8. The molecule has 0 saturated heterocycles. The molecule has 0 aromatic carbocycles. The lowest BCUT2D eigenvalue weighted by molar-refractivity contribution is -0.870. The third kappa shape index (κ3) is 66.6. The van der Waals surface area contributed by atoms with E-state index in [0.29, 0.717) is 17.4 Å². The summed E-state index contributed by atoms with van der Waals surface area (Å²) in [5.41, 5.74) is 0. The summed E-state index contributed by atoms with van der Waals surface area (Å²) < 4.78 is 22.8. The van der Waals surface area contributed by atoms with Crippen molar-refractivity contribution in [1.82, 2.24) is 0 Å². The molecule has 0 aliphatic carbocycles. The Balaban J connectivity index is 4.01. The predicted octanol–water partition coefficient (Wildman–Crippen LogP) is 20.8. The van der Waals surface area contributed by atoms with Crippen LogP contribution in [0.1, 0.15) is 348 Å². The number of allylic oxidation sites excluding steroid dienone is 8. The highest BCUT2D eigenvalue weighted by atomic mass is 16.7. The maximum absolute atomic E-state index is 12.9. The van der Waals surface area contributed by atoms with Gasteiger partial charge in [0, 0.05) is 12.8 Å². The zero-order valence-corrected chi connectivity index (χ0v) is 55.6. The van der Waals surface area contributed by atoms with Crippen molar-refractivity contribution in [3.05, 3.63) is 48.6 Å². The molecule has 0 aliphatic heterocycles. The van der Waals surface area contributed by atoms with E-state index in [1.165, 1.54) is 270 Å². The highest BCUT2D eigenvalue weighted by molar-refractivity contribution is 5.70. The number of unbranched alkanes of at least 4 members (excludes halogenated alkanes) is 44. The molecule has 0 radical (unpaired) electrons. The molecule has 2 unspecified atom stereocenters. The van der Waals surface area contributed by atoms with E-state index in [0.717, 1.165) is 44.9 Å². The molecule has 9 heteroatoms. The number of rotatable bonds is 67. The predicted molar refractivity (Wildman–Crippen MR) is 352 cm³/mol. The first-order valence-corrected chi connectivity index (χ1v) is 35.8. The molecule has 0 aromatic heterocycles. The molecule has 2 atom stereocenters. The van der Waals surface area contributed by atoms with Crippen molar-refractivity contribution in [3.63, 3.8) is 0 Å². The molecule has 0 aliphatic rings. The molecule has 9 nitrogen and oxygen atoms in total. The van der Waals surface area contributed by atoms with E-state index in [2.05, 4.69) is 62.5 Å². The molecule has 0 saturated carbocycles. The van der Waals surface area contributed by atoms with Gasteiger partial charge in [0.2, 0.25) is 0 Å². The number of hydrogen-bond acceptors (Lipinski definition) is 8. The third-order valence-corrected chi connectivity index (χ3v) is 16.0. The molecule has 0 amide bonds. The van der Waals surface area contributed by atoms with Crippen LogP contribution in [0.25, 0.3) is 0 Å². The molecule has 0 spiro atoms. The van der Waals surface area contributed by atoms with Gasteiger partial charge in [0.15, 0.2) is 12.4 Å². The Hall–Kier alpha value is -2.75. The lowest BCUT2D eigenvalue weighted by Crippen LogP contribution is -2.44. The second kappa shape index (κ2) is 65.2. The Morgan fingerprint density at radius 3 is 0.952 bits per heavy atom. The van der Waals surface area contributed by atoms with Gasteiger partial charge in [-0.15, -0.1) is 0 Å². The van der Waals surface area contributed by atoms with E-state index < -0.39 is 24.3 Å². The van der Waals surface area contributed by atoms with E-state index in [4.69, 9.17) is 18.9 Å². The minimum Gasteiger partial charge on any atom is -0.545 e. The number of nitrogens with zero attached hydrogens (tertiary/aromatic N) is 1. The van der Waals surface area contributed by atoms with Gasteiger partial charge < -0.3 is 33.3 Å². The molecule has 0 heterocycles. The van der Waals surface area contributed by atoms with Crippen molar-refractivity contribution in [2.45, 2.75) is 360 Å². The van der Waals surface area contributed by atoms with Gasteiger partial charge in [0.05, 0.1) is 40.3 Å². The lowest BCUT2D eigenvalue weighted by Gasteiger charge is -2.26. The fourth-order valence-electron chi connectivity index (χ4n) is 10.5. The molecule has 0 rings (SSSR count). The fourth-order valence-corrected chi connectivity index (χ4v) is 10.5. The average molecular weight is 1170 g/mol. The van der Waals surface area contributed by atoms with Gasteiger partial charge in [-0.05, 0) is 77.0 Å². The third-order valence-electron chi connectivity index (χ3n) is 16.0. The number of carbonyl (C=O) groups excluding carboxylic acids is 3. The Bertz CT molecular complexity index is 1500. The number of carbonyl (C=O) groups is 3. The van der Waals surface area contributed by atoms with Crippen LogP contribution in [0.2, 0.25) is 0 Å². The molecule has 0 aromatic rings. The summed E-state index contributed by atoms with van der Waals surface area (Å²) >= 11 is 0. The molecule has 83 heavy (non-hydrogen) atoms. The van der Waals surface area contributed by atoms with Crippen LogP contribution in [0.4, 0.5) is 0 Å². The first kappa shape index (κ1) is 80.2. The summed E-state index contributed by atoms with van der Waals surface area (Å²) in [6, 6.07) is 0. The van der Waals surface area contributed by atoms with Crippen LogP contribution in [0.15, 0.2) is 48.6 Å². The van der Waals surface area contributed by atoms with E-state index in [1.807, 2.05) is 21.1 Å². The van der Waals surface area contributed by atoms with Crippen LogP contribution >= 0.6 is 0 Å².